The zero-order valence-corrected chi connectivity index (χ0v) is 13.9. The van der Waals surface area contributed by atoms with E-state index < -0.39 is 0 Å². The van der Waals surface area contributed by atoms with E-state index in [1.165, 1.54) is 17.2 Å². The fourth-order valence-corrected chi connectivity index (χ4v) is 3.13. The summed E-state index contributed by atoms with van der Waals surface area (Å²) in [6.07, 6.45) is 0.862. The fraction of sp³-hybridized carbons (Fsp3) is 0.188. The van der Waals surface area contributed by atoms with Crippen molar-refractivity contribution in [1.29, 1.82) is 0 Å². The van der Waals surface area contributed by atoms with Crippen molar-refractivity contribution in [3.8, 4) is 0 Å². The molecule has 0 bridgehead atoms. The molecule has 0 spiro atoms. The predicted molar refractivity (Wildman–Crippen MR) is 89.7 cm³/mol. The number of H-pyrrole nitrogens is 1. The normalized spacial score (nSPS) is 11.2. The number of aryl methyl sites for hydroxylation is 3. The highest BCUT2D eigenvalue weighted by Gasteiger charge is 2.09. The molecule has 0 fully saturated rings. The zero-order chi connectivity index (χ0) is 15.0. The molecule has 3 rings (SSSR count). The van der Waals surface area contributed by atoms with E-state index in [-0.39, 0.29) is 5.82 Å². The number of imidazole rings is 1. The minimum Gasteiger partial charge on any atom is -0.331 e. The Bertz CT molecular complexity index is 866. The Morgan fingerprint density at radius 3 is 2.86 bits per heavy atom. The van der Waals surface area contributed by atoms with Gasteiger partial charge in [0, 0.05) is 12.6 Å². The highest BCUT2D eigenvalue weighted by molar-refractivity contribution is 9.10. The third-order valence-corrected chi connectivity index (χ3v) is 4.45. The summed E-state index contributed by atoms with van der Waals surface area (Å²) >= 11 is 8.55. The first-order chi connectivity index (χ1) is 10.0. The van der Waals surface area contributed by atoms with Gasteiger partial charge in [-0.15, -0.1) is 0 Å². The SMILES string of the molecule is Cc1cccc(CCn2c(=S)[nH]c3cc(Br)c(F)cc32)c1. The van der Waals surface area contributed by atoms with Gasteiger partial charge < -0.3 is 9.55 Å². The van der Waals surface area contributed by atoms with Crippen molar-refractivity contribution >= 4 is 39.2 Å². The summed E-state index contributed by atoms with van der Waals surface area (Å²) < 4.78 is 16.8. The molecule has 108 valence electrons. The zero-order valence-electron chi connectivity index (χ0n) is 11.5. The van der Waals surface area contributed by atoms with Crippen LogP contribution in [0.2, 0.25) is 0 Å². The second kappa shape index (κ2) is 5.73. The number of hydrogen-bond acceptors (Lipinski definition) is 1. The van der Waals surface area contributed by atoms with Crippen molar-refractivity contribution in [1.82, 2.24) is 9.55 Å². The number of hydrogen-bond donors (Lipinski definition) is 1. The second-order valence-corrected chi connectivity index (χ2v) is 6.35. The number of aromatic nitrogens is 2. The summed E-state index contributed by atoms with van der Waals surface area (Å²) in [5.41, 5.74) is 4.14. The molecule has 0 aliphatic rings. The van der Waals surface area contributed by atoms with E-state index in [0.717, 1.165) is 24.0 Å². The van der Waals surface area contributed by atoms with E-state index in [1.54, 1.807) is 6.07 Å². The molecule has 2 aromatic carbocycles. The highest BCUT2D eigenvalue weighted by atomic mass is 79.9. The average Bonchev–Trinajstić information content (AvgIpc) is 2.72. The Morgan fingerprint density at radius 1 is 1.29 bits per heavy atom. The van der Waals surface area contributed by atoms with Crippen LogP contribution in [-0.4, -0.2) is 9.55 Å². The lowest BCUT2D eigenvalue weighted by Gasteiger charge is -2.06. The number of fused-ring (bicyclic) bond motifs is 1. The van der Waals surface area contributed by atoms with Crippen LogP contribution in [0.25, 0.3) is 11.0 Å². The van der Waals surface area contributed by atoms with Gasteiger partial charge in [0.05, 0.1) is 15.5 Å². The Balaban J connectivity index is 1.95. The van der Waals surface area contributed by atoms with Gasteiger partial charge >= 0.3 is 0 Å². The van der Waals surface area contributed by atoms with Crippen LogP contribution in [0, 0.1) is 17.5 Å². The van der Waals surface area contributed by atoms with Gasteiger partial charge in [0.15, 0.2) is 4.77 Å². The van der Waals surface area contributed by atoms with Crippen molar-refractivity contribution in [2.24, 2.45) is 0 Å². The second-order valence-electron chi connectivity index (χ2n) is 5.10. The smallest absolute Gasteiger partial charge is 0.178 e. The first-order valence-electron chi connectivity index (χ1n) is 6.68. The van der Waals surface area contributed by atoms with E-state index in [4.69, 9.17) is 12.2 Å². The average molecular weight is 365 g/mol. The van der Waals surface area contributed by atoms with Crippen molar-refractivity contribution in [3.05, 3.63) is 62.6 Å². The Labute approximate surface area is 135 Å². The summed E-state index contributed by atoms with van der Waals surface area (Å²) in [5, 5.41) is 0. The van der Waals surface area contributed by atoms with Gasteiger partial charge in [-0.3, -0.25) is 0 Å². The predicted octanol–water partition coefficient (Wildman–Crippen LogP) is 5.15. The maximum absolute atomic E-state index is 13.7. The van der Waals surface area contributed by atoms with E-state index >= 15 is 0 Å². The van der Waals surface area contributed by atoms with Gasteiger partial charge in [-0.25, -0.2) is 4.39 Å². The molecule has 0 aliphatic heterocycles. The number of aromatic amines is 1. The molecule has 0 saturated heterocycles. The minimum absolute atomic E-state index is 0.277. The highest BCUT2D eigenvalue weighted by Crippen LogP contribution is 2.23. The van der Waals surface area contributed by atoms with E-state index in [1.807, 2.05) is 4.57 Å². The van der Waals surface area contributed by atoms with Crippen LogP contribution < -0.4 is 0 Å². The van der Waals surface area contributed by atoms with Crippen LogP contribution in [0.1, 0.15) is 11.1 Å². The van der Waals surface area contributed by atoms with Crippen LogP contribution in [0.3, 0.4) is 0 Å². The lowest BCUT2D eigenvalue weighted by molar-refractivity contribution is 0.620. The molecule has 0 saturated carbocycles. The molecule has 0 amide bonds. The lowest BCUT2D eigenvalue weighted by Crippen LogP contribution is -2.01. The Morgan fingerprint density at radius 2 is 2.10 bits per heavy atom. The van der Waals surface area contributed by atoms with E-state index in [9.17, 15) is 4.39 Å². The topological polar surface area (TPSA) is 20.7 Å². The van der Waals surface area contributed by atoms with Crippen molar-refractivity contribution < 1.29 is 4.39 Å². The van der Waals surface area contributed by atoms with Gasteiger partial charge in [-0.05, 0) is 53.1 Å². The number of nitrogens with zero attached hydrogens (tertiary/aromatic N) is 1. The molecule has 1 N–H and O–H groups in total. The first kappa shape index (κ1) is 14.5. The van der Waals surface area contributed by atoms with Gasteiger partial charge in [-0.1, -0.05) is 29.8 Å². The van der Waals surface area contributed by atoms with Crippen molar-refractivity contribution in [3.63, 3.8) is 0 Å². The molecular formula is C16H14BrFN2S. The van der Waals surface area contributed by atoms with Crippen molar-refractivity contribution in [2.75, 3.05) is 0 Å². The third-order valence-electron chi connectivity index (χ3n) is 3.52. The standard InChI is InChI=1S/C16H14BrFN2S/c1-10-3-2-4-11(7-10)5-6-20-15-9-13(18)12(17)8-14(15)19-16(20)21/h2-4,7-9H,5-6H2,1H3,(H,19,21). The summed E-state index contributed by atoms with van der Waals surface area (Å²) in [4.78, 5) is 3.12. The molecular weight excluding hydrogens is 351 g/mol. The summed E-state index contributed by atoms with van der Waals surface area (Å²) in [6, 6.07) is 11.6. The first-order valence-corrected chi connectivity index (χ1v) is 7.88. The molecule has 3 aromatic rings. The molecule has 1 heterocycles. The summed E-state index contributed by atoms with van der Waals surface area (Å²) in [5.74, 6) is -0.277. The third kappa shape index (κ3) is 2.94. The van der Waals surface area contributed by atoms with Gasteiger partial charge in [0.25, 0.3) is 0 Å². The van der Waals surface area contributed by atoms with Crippen LogP contribution >= 0.6 is 28.1 Å². The van der Waals surface area contributed by atoms with Crippen LogP contribution in [-0.2, 0) is 13.0 Å². The number of rotatable bonds is 3. The van der Waals surface area contributed by atoms with Gasteiger partial charge in [0.2, 0.25) is 0 Å². The maximum Gasteiger partial charge on any atom is 0.178 e. The lowest BCUT2D eigenvalue weighted by atomic mass is 10.1. The van der Waals surface area contributed by atoms with Crippen LogP contribution in [0.4, 0.5) is 4.39 Å². The van der Waals surface area contributed by atoms with Gasteiger partial charge in [0.1, 0.15) is 5.82 Å². The Kier molecular flexibility index (Phi) is 3.95. The molecule has 2 nitrogen and oxygen atoms in total. The summed E-state index contributed by atoms with van der Waals surface area (Å²) in [7, 11) is 0. The van der Waals surface area contributed by atoms with Gasteiger partial charge in [-0.2, -0.15) is 0 Å². The monoisotopic (exact) mass is 364 g/mol. The number of benzene rings is 2. The molecule has 0 aliphatic carbocycles. The maximum atomic E-state index is 13.7. The largest absolute Gasteiger partial charge is 0.331 e. The number of nitrogens with one attached hydrogen (secondary N) is 1. The summed E-state index contributed by atoms with van der Waals surface area (Å²) in [6.45, 7) is 2.80. The molecule has 0 radical (unpaired) electrons. The van der Waals surface area contributed by atoms with Crippen LogP contribution in [0.5, 0.6) is 0 Å². The van der Waals surface area contributed by atoms with E-state index in [0.29, 0.717) is 9.24 Å². The minimum atomic E-state index is -0.277. The van der Waals surface area contributed by atoms with Crippen LogP contribution in [0.15, 0.2) is 40.9 Å². The fourth-order valence-electron chi connectivity index (χ4n) is 2.48. The van der Waals surface area contributed by atoms with Crippen molar-refractivity contribution in [2.45, 2.75) is 19.9 Å². The molecule has 5 heteroatoms. The quantitative estimate of drug-likeness (QED) is 0.637. The molecule has 21 heavy (non-hydrogen) atoms. The Hall–Kier alpha value is -1.46. The molecule has 1 aromatic heterocycles. The molecule has 0 atom stereocenters. The van der Waals surface area contributed by atoms with E-state index in [2.05, 4.69) is 52.1 Å². The number of halogens is 2. The molecule has 0 unspecified atom stereocenters.